The number of alkyl halides is 4. The molecule has 4 atom stereocenters. The summed E-state index contributed by atoms with van der Waals surface area (Å²) in [6.07, 6.45) is -0.323. The second kappa shape index (κ2) is 3.74. The molecule has 17 heavy (non-hydrogen) atoms. The van der Waals surface area contributed by atoms with Crippen LogP contribution in [0, 0.1) is 17.8 Å². The van der Waals surface area contributed by atoms with E-state index in [1.54, 1.807) is 0 Å². The molecule has 2 saturated carbocycles. The molecule has 2 bridgehead atoms. The van der Waals surface area contributed by atoms with Crippen LogP contribution in [-0.4, -0.2) is 25.7 Å². The zero-order chi connectivity index (χ0) is 13.0. The number of rotatable bonds is 3. The Morgan fingerprint density at radius 2 is 1.82 bits per heavy atom. The second-order valence-corrected chi connectivity index (χ2v) is 5.56. The third-order valence-electron chi connectivity index (χ3n) is 3.68. The number of carbonyl (C=O) groups is 1. The molecule has 0 radical (unpaired) electrons. The Kier molecular flexibility index (Phi) is 2.85. The van der Waals surface area contributed by atoms with E-state index in [2.05, 4.69) is 0 Å². The summed E-state index contributed by atoms with van der Waals surface area (Å²) in [6.45, 7) is 0. The van der Waals surface area contributed by atoms with Gasteiger partial charge in [0.15, 0.2) is 0 Å². The molecule has 4 unspecified atom stereocenters. The fourth-order valence-electron chi connectivity index (χ4n) is 2.81. The van der Waals surface area contributed by atoms with Crippen LogP contribution >= 0.6 is 0 Å². The van der Waals surface area contributed by atoms with Crippen LogP contribution in [-0.2, 0) is 15.9 Å². The molecule has 0 aromatic heterocycles. The predicted octanol–water partition coefficient (Wildman–Crippen LogP) is 1.71. The fourth-order valence-corrected chi connectivity index (χ4v) is 3.18. The van der Waals surface area contributed by atoms with Gasteiger partial charge in [0.05, 0.1) is 0 Å². The molecule has 0 aliphatic heterocycles. The Labute approximate surface area is 96.8 Å². The van der Waals surface area contributed by atoms with Crippen molar-refractivity contribution >= 4 is 16.9 Å². The molecule has 3 nitrogen and oxygen atoms in total. The van der Waals surface area contributed by atoms with Crippen LogP contribution in [0.3, 0.4) is 0 Å². The van der Waals surface area contributed by atoms with Crippen molar-refractivity contribution in [3.8, 4) is 0 Å². The number of halogens is 4. The Bertz CT molecular complexity index is 384. The Morgan fingerprint density at radius 3 is 2.18 bits per heavy atom. The molecule has 2 aliphatic carbocycles. The Hall–Kier alpha value is -0.500. The van der Waals surface area contributed by atoms with E-state index >= 15 is 0 Å². The minimum Gasteiger partial charge on any atom is -0.768 e. The number of Topliss-reactive ketones (excluding diaryl/α,β-unsaturated/α-hetero) is 1. The second-order valence-electron chi connectivity index (χ2n) is 4.58. The van der Waals surface area contributed by atoms with E-state index in [4.69, 9.17) is 0 Å². The minimum absolute atomic E-state index is 0.146. The van der Waals surface area contributed by atoms with Gasteiger partial charge in [0.1, 0.15) is 5.78 Å². The summed E-state index contributed by atoms with van der Waals surface area (Å²) in [4.78, 5) is 11.1. The maximum Gasteiger partial charge on any atom is 0.371 e. The fraction of sp³-hybridized carbons (Fsp3) is 0.889. The molecule has 0 N–H and O–H groups in total. The molecule has 98 valence electrons. The highest BCUT2D eigenvalue weighted by atomic mass is 32.2. The summed E-state index contributed by atoms with van der Waals surface area (Å²) in [5, 5.41) is -5.08. The smallest absolute Gasteiger partial charge is 0.371 e. The summed E-state index contributed by atoms with van der Waals surface area (Å²) in [6, 6.07) is 0. The van der Waals surface area contributed by atoms with Gasteiger partial charge >= 0.3 is 11.2 Å². The molecule has 0 saturated heterocycles. The van der Waals surface area contributed by atoms with Gasteiger partial charge in [0.2, 0.25) is 0 Å². The highest BCUT2D eigenvalue weighted by Gasteiger charge is 2.67. The topological polar surface area (TPSA) is 57.2 Å². The highest BCUT2D eigenvalue weighted by molar-refractivity contribution is 7.80. The van der Waals surface area contributed by atoms with E-state index in [1.165, 1.54) is 0 Å². The maximum atomic E-state index is 13.5. The van der Waals surface area contributed by atoms with Crippen molar-refractivity contribution in [2.24, 2.45) is 17.8 Å². The lowest BCUT2D eigenvalue weighted by molar-refractivity contribution is -0.200. The summed E-state index contributed by atoms with van der Waals surface area (Å²) in [5.41, 5.74) is 0. The van der Waals surface area contributed by atoms with E-state index < -0.39 is 40.0 Å². The minimum atomic E-state index is -5.08. The lowest BCUT2D eigenvalue weighted by Gasteiger charge is -2.35. The molecule has 2 fully saturated rings. The van der Waals surface area contributed by atoms with Crippen LogP contribution < -0.4 is 0 Å². The van der Waals surface area contributed by atoms with Gasteiger partial charge < -0.3 is 4.55 Å². The van der Waals surface area contributed by atoms with E-state index in [1.807, 2.05) is 0 Å². The Balaban J connectivity index is 2.24. The van der Waals surface area contributed by atoms with Crippen LogP contribution in [0.25, 0.3) is 0 Å². The van der Waals surface area contributed by atoms with E-state index in [-0.39, 0.29) is 25.0 Å². The van der Waals surface area contributed by atoms with E-state index in [0.717, 1.165) is 0 Å². The van der Waals surface area contributed by atoms with Crippen LogP contribution in [0.2, 0.25) is 0 Å². The van der Waals surface area contributed by atoms with Crippen molar-refractivity contribution in [2.45, 2.75) is 30.4 Å². The molecule has 0 amide bonds. The third-order valence-corrected chi connectivity index (χ3v) is 4.37. The van der Waals surface area contributed by atoms with E-state index in [9.17, 15) is 31.1 Å². The molecule has 0 spiro atoms. The molecule has 0 aromatic rings. The molecule has 2 rings (SSSR count). The monoisotopic (exact) mass is 273 g/mol. The largest absolute Gasteiger partial charge is 0.768 e. The molecule has 0 aromatic carbocycles. The van der Waals surface area contributed by atoms with Crippen molar-refractivity contribution in [1.29, 1.82) is 0 Å². The number of carbonyl (C=O) groups excluding carboxylic acids is 1. The van der Waals surface area contributed by atoms with E-state index in [0.29, 0.717) is 0 Å². The van der Waals surface area contributed by atoms with Crippen molar-refractivity contribution in [3.05, 3.63) is 0 Å². The molecule has 8 heteroatoms. The van der Waals surface area contributed by atoms with Crippen LogP contribution in [0.1, 0.15) is 19.3 Å². The summed E-state index contributed by atoms with van der Waals surface area (Å²) in [7, 11) is 0. The number of fused-ring (bicyclic) bond motifs is 2. The summed E-state index contributed by atoms with van der Waals surface area (Å²) in [5.74, 6) is -7.95. The first-order valence-corrected chi connectivity index (χ1v) is 6.13. The molecule has 2 aliphatic rings. The van der Waals surface area contributed by atoms with Crippen molar-refractivity contribution in [1.82, 2.24) is 0 Å². The first kappa shape index (κ1) is 12.9. The van der Waals surface area contributed by atoms with Gasteiger partial charge in [-0.3, -0.25) is 9.00 Å². The molecular weight excluding hydrogens is 264 g/mol. The SMILES string of the molecule is O=C1CC2CC1CC2C(F)(F)C(F)(F)S(=O)[O-]. The van der Waals surface area contributed by atoms with Gasteiger partial charge in [-0.05, 0) is 18.8 Å². The van der Waals surface area contributed by atoms with Gasteiger partial charge in [0, 0.05) is 29.3 Å². The van der Waals surface area contributed by atoms with Gasteiger partial charge in [-0.2, -0.15) is 17.6 Å². The van der Waals surface area contributed by atoms with Crippen molar-refractivity contribution < 1.29 is 31.1 Å². The average Bonchev–Trinajstić information content (AvgIpc) is 2.75. The summed E-state index contributed by atoms with van der Waals surface area (Å²) >= 11 is -4.17. The van der Waals surface area contributed by atoms with Crippen LogP contribution in [0.4, 0.5) is 17.6 Å². The normalized spacial score (nSPS) is 35.4. The number of hydrogen-bond donors (Lipinski definition) is 0. The Morgan fingerprint density at radius 1 is 1.24 bits per heavy atom. The first-order chi connectivity index (χ1) is 7.68. The van der Waals surface area contributed by atoms with Gasteiger partial charge in [-0.25, -0.2) is 0 Å². The number of hydrogen-bond acceptors (Lipinski definition) is 3. The van der Waals surface area contributed by atoms with Crippen LogP contribution in [0.15, 0.2) is 0 Å². The highest BCUT2D eigenvalue weighted by Crippen LogP contribution is 2.56. The zero-order valence-corrected chi connectivity index (χ0v) is 9.31. The summed E-state index contributed by atoms with van der Waals surface area (Å²) < 4.78 is 73.3. The standard InChI is InChI=1S/C9H10F4O3S/c10-8(11,9(12,13)17(15)16)6-2-5-1-4(6)3-7(5)14/h4-6H,1-3H2,(H,15,16)/p-1. The van der Waals surface area contributed by atoms with Gasteiger partial charge in [0.25, 0.3) is 0 Å². The van der Waals surface area contributed by atoms with Gasteiger partial charge in [-0.15, -0.1) is 0 Å². The lowest BCUT2D eigenvalue weighted by atomic mass is 9.83. The predicted molar refractivity (Wildman–Crippen MR) is 48.1 cm³/mol. The first-order valence-electron chi connectivity index (χ1n) is 5.05. The van der Waals surface area contributed by atoms with Crippen molar-refractivity contribution in [2.75, 3.05) is 0 Å². The quantitative estimate of drug-likeness (QED) is 0.581. The third kappa shape index (κ3) is 1.72. The van der Waals surface area contributed by atoms with Gasteiger partial charge in [-0.1, -0.05) is 0 Å². The molecule has 0 heterocycles. The lowest BCUT2D eigenvalue weighted by Crippen LogP contribution is -2.51. The van der Waals surface area contributed by atoms with Crippen molar-refractivity contribution in [3.63, 3.8) is 0 Å². The average molecular weight is 273 g/mol. The maximum absolute atomic E-state index is 13.5. The van der Waals surface area contributed by atoms with Crippen LogP contribution in [0.5, 0.6) is 0 Å². The molecular formula is C9H9F4O3S-. The zero-order valence-electron chi connectivity index (χ0n) is 8.50. The number of ketones is 1.